The molecule has 0 amide bonds. The van der Waals surface area contributed by atoms with Crippen LogP contribution in [0.1, 0.15) is 32.3 Å². The molecule has 0 spiro atoms. The van der Waals surface area contributed by atoms with Crippen LogP contribution in [0, 0.1) is 17.0 Å². The number of carbonyl (C=O) groups excluding carboxylic acids is 1. The van der Waals surface area contributed by atoms with E-state index in [4.69, 9.17) is 4.74 Å². The first-order chi connectivity index (χ1) is 9.34. The lowest BCUT2D eigenvalue weighted by molar-refractivity contribution is -0.384. The van der Waals surface area contributed by atoms with E-state index in [1.54, 1.807) is 19.9 Å². The van der Waals surface area contributed by atoms with E-state index in [2.05, 4.69) is 5.32 Å². The van der Waals surface area contributed by atoms with Gasteiger partial charge in [0.05, 0.1) is 12.0 Å². The highest BCUT2D eigenvalue weighted by atomic mass is 16.6. The Morgan fingerprint density at radius 2 is 2.15 bits per heavy atom. The number of non-ortho nitro benzene ring substituents is 1. The Labute approximate surface area is 118 Å². The lowest BCUT2D eigenvalue weighted by atomic mass is 9.95. The molecule has 0 saturated carbocycles. The van der Waals surface area contributed by atoms with E-state index in [1.807, 2.05) is 6.92 Å². The van der Waals surface area contributed by atoms with E-state index < -0.39 is 10.5 Å². The van der Waals surface area contributed by atoms with Crippen LogP contribution in [0.25, 0.3) is 0 Å². The molecule has 0 aliphatic carbocycles. The predicted octanol–water partition coefficient (Wildman–Crippen LogP) is 3.05. The molecule has 1 N–H and O–H groups in total. The molecule has 1 rings (SSSR count). The zero-order valence-corrected chi connectivity index (χ0v) is 12.2. The lowest BCUT2D eigenvalue weighted by Gasteiger charge is -2.29. The quantitative estimate of drug-likeness (QED) is 0.492. The number of hydrogen-bond acceptors (Lipinski definition) is 5. The number of esters is 1. The molecule has 0 bridgehead atoms. The second-order valence-corrected chi connectivity index (χ2v) is 4.96. The van der Waals surface area contributed by atoms with Gasteiger partial charge in [-0.15, -0.1) is 0 Å². The van der Waals surface area contributed by atoms with Gasteiger partial charge in [0.15, 0.2) is 0 Å². The van der Waals surface area contributed by atoms with Crippen LogP contribution in [0.3, 0.4) is 0 Å². The van der Waals surface area contributed by atoms with Crippen LogP contribution in [0.2, 0.25) is 0 Å². The Hall–Kier alpha value is -2.11. The third-order valence-corrected chi connectivity index (χ3v) is 3.22. The standard InChI is InChI=1S/C14H20N2O4/c1-5-8-14(3,13(17)20-4)15-12-7-6-11(16(18)19)9-10(12)2/h6-7,9,15H,5,8H2,1-4H3. The molecule has 0 saturated heterocycles. The van der Waals surface area contributed by atoms with Gasteiger partial charge in [0.1, 0.15) is 5.54 Å². The van der Waals surface area contributed by atoms with Gasteiger partial charge >= 0.3 is 5.97 Å². The summed E-state index contributed by atoms with van der Waals surface area (Å²) in [4.78, 5) is 22.2. The Kier molecular flexibility index (Phi) is 5.07. The molecule has 6 heteroatoms. The fourth-order valence-electron chi connectivity index (χ4n) is 2.14. The number of hydrogen-bond donors (Lipinski definition) is 1. The molecule has 0 aliphatic rings. The van der Waals surface area contributed by atoms with Crippen molar-refractivity contribution in [2.45, 2.75) is 39.2 Å². The molecular formula is C14H20N2O4. The molecule has 0 radical (unpaired) electrons. The monoisotopic (exact) mass is 280 g/mol. The highest BCUT2D eigenvalue weighted by Gasteiger charge is 2.33. The van der Waals surface area contributed by atoms with Crippen LogP contribution >= 0.6 is 0 Å². The van der Waals surface area contributed by atoms with Crippen LogP contribution in [0.4, 0.5) is 11.4 Å². The Morgan fingerprint density at radius 1 is 1.50 bits per heavy atom. The molecule has 0 aromatic heterocycles. The van der Waals surface area contributed by atoms with Crippen LogP contribution in [0.15, 0.2) is 18.2 Å². The molecule has 0 aliphatic heterocycles. The van der Waals surface area contributed by atoms with Crippen molar-refractivity contribution in [3.63, 3.8) is 0 Å². The van der Waals surface area contributed by atoms with Gasteiger partial charge < -0.3 is 10.1 Å². The van der Waals surface area contributed by atoms with Crippen molar-refractivity contribution in [3.8, 4) is 0 Å². The summed E-state index contributed by atoms with van der Waals surface area (Å²) in [7, 11) is 1.35. The fraction of sp³-hybridized carbons (Fsp3) is 0.500. The van der Waals surface area contributed by atoms with E-state index >= 15 is 0 Å². The summed E-state index contributed by atoms with van der Waals surface area (Å²) in [5, 5.41) is 13.9. The number of anilines is 1. The Morgan fingerprint density at radius 3 is 2.60 bits per heavy atom. The molecule has 1 aromatic rings. The highest BCUT2D eigenvalue weighted by molar-refractivity contribution is 5.84. The number of aryl methyl sites for hydroxylation is 1. The van der Waals surface area contributed by atoms with E-state index in [1.165, 1.54) is 19.2 Å². The largest absolute Gasteiger partial charge is 0.467 e. The third kappa shape index (κ3) is 3.46. The van der Waals surface area contributed by atoms with E-state index in [0.717, 1.165) is 6.42 Å². The van der Waals surface area contributed by atoms with Crippen LogP contribution < -0.4 is 5.32 Å². The third-order valence-electron chi connectivity index (χ3n) is 3.22. The molecule has 1 aromatic carbocycles. The number of nitro benzene ring substituents is 1. The first-order valence-corrected chi connectivity index (χ1v) is 6.45. The number of nitrogens with zero attached hydrogens (tertiary/aromatic N) is 1. The van der Waals surface area contributed by atoms with Gasteiger partial charge in [-0.25, -0.2) is 4.79 Å². The number of ether oxygens (including phenoxy) is 1. The average Bonchev–Trinajstić information content (AvgIpc) is 2.40. The number of benzene rings is 1. The SMILES string of the molecule is CCCC(C)(Nc1ccc([N+](=O)[O-])cc1C)C(=O)OC. The predicted molar refractivity (Wildman–Crippen MR) is 76.8 cm³/mol. The van der Waals surface area contributed by atoms with E-state index in [0.29, 0.717) is 17.7 Å². The number of methoxy groups -OCH3 is 1. The van der Waals surface area contributed by atoms with Crippen molar-refractivity contribution in [1.82, 2.24) is 0 Å². The zero-order chi connectivity index (χ0) is 15.3. The molecule has 1 atom stereocenters. The molecule has 20 heavy (non-hydrogen) atoms. The highest BCUT2D eigenvalue weighted by Crippen LogP contribution is 2.27. The minimum absolute atomic E-state index is 0.0308. The maximum Gasteiger partial charge on any atom is 0.331 e. The lowest BCUT2D eigenvalue weighted by Crippen LogP contribution is -2.44. The maximum absolute atomic E-state index is 11.9. The molecule has 110 valence electrons. The first-order valence-electron chi connectivity index (χ1n) is 6.45. The molecule has 1 unspecified atom stereocenters. The number of carbonyl (C=O) groups is 1. The summed E-state index contributed by atoms with van der Waals surface area (Å²) in [5.41, 5.74) is 0.593. The van der Waals surface area contributed by atoms with Gasteiger partial charge in [0, 0.05) is 17.8 Å². The second-order valence-electron chi connectivity index (χ2n) is 4.96. The van der Waals surface area contributed by atoms with E-state index in [9.17, 15) is 14.9 Å². The van der Waals surface area contributed by atoms with Crippen molar-refractivity contribution in [2.75, 3.05) is 12.4 Å². The van der Waals surface area contributed by atoms with Gasteiger partial charge in [-0.2, -0.15) is 0 Å². The second kappa shape index (κ2) is 6.36. The van der Waals surface area contributed by atoms with Crippen LogP contribution in [-0.4, -0.2) is 23.5 Å². The number of nitrogens with one attached hydrogen (secondary N) is 1. The smallest absolute Gasteiger partial charge is 0.331 e. The van der Waals surface area contributed by atoms with Gasteiger partial charge in [0.25, 0.3) is 5.69 Å². The Balaban J connectivity index is 3.06. The van der Waals surface area contributed by atoms with Crippen molar-refractivity contribution in [1.29, 1.82) is 0 Å². The topological polar surface area (TPSA) is 81.5 Å². The van der Waals surface area contributed by atoms with Crippen molar-refractivity contribution in [2.24, 2.45) is 0 Å². The number of rotatable bonds is 6. The summed E-state index contributed by atoms with van der Waals surface area (Å²) in [6.07, 6.45) is 1.42. The van der Waals surface area contributed by atoms with Gasteiger partial charge in [-0.05, 0) is 31.9 Å². The van der Waals surface area contributed by atoms with Crippen molar-refractivity contribution < 1.29 is 14.5 Å². The summed E-state index contributed by atoms with van der Waals surface area (Å²) >= 11 is 0. The van der Waals surface area contributed by atoms with Crippen LogP contribution in [0.5, 0.6) is 0 Å². The number of nitro groups is 1. The minimum atomic E-state index is -0.843. The molecule has 0 fully saturated rings. The van der Waals surface area contributed by atoms with Crippen molar-refractivity contribution >= 4 is 17.3 Å². The fourth-order valence-corrected chi connectivity index (χ4v) is 2.14. The first kappa shape index (κ1) is 15.9. The Bertz CT molecular complexity index is 516. The minimum Gasteiger partial charge on any atom is -0.467 e. The molecule has 0 heterocycles. The van der Waals surface area contributed by atoms with Crippen molar-refractivity contribution in [3.05, 3.63) is 33.9 Å². The normalized spacial score (nSPS) is 13.4. The summed E-state index contributed by atoms with van der Waals surface area (Å²) in [5.74, 6) is -0.350. The summed E-state index contributed by atoms with van der Waals surface area (Å²) < 4.78 is 4.83. The zero-order valence-electron chi connectivity index (χ0n) is 12.2. The van der Waals surface area contributed by atoms with Gasteiger partial charge in [-0.3, -0.25) is 10.1 Å². The van der Waals surface area contributed by atoms with Gasteiger partial charge in [-0.1, -0.05) is 13.3 Å². The summed E-state index contributed by atoms with van der Waals surface area (Å²) in [6.45, 7) is 5.51. The molecule has 6 nitrogen and oxygen atoms in total. The molecular weight excluding hydrogens is 260 g/mol. The van der Waals surface area contributed by atoms with E-state index in [-0.39, 0.29) is 11.7 Å². The van der Waals surface area contributed by atoms with Gasteiger partial charge in [0.2, 0.25) is 0 Å². The summed E-state index contributed by atoms with van der Waals surface area (Å²) in [6, 6.07) is 4.51. The average molecular weight is 280 g/mol. The van der Waals surface area contributed by atoms with Crippen LogP contribution in [-0.2, 0) is 9.53 Å². The maximum atomic E-state index is 11.9.